The van der Waals surface area contributed by atoms with Crippen molar-refractivity contribution in [1.82, 2.24) is 9.29 Å². The number of azo groups is 1. The first-order valence-electron chi connectivity index (χ1n) is 10.2. The minimum Gasteiger partial charge on any atom is -0.493 e. The fourth-order valence-electron chi connectivity index (χ4n) is 2.96. The lowest BCUT2D eigenvalue weighted by molar-refractivity contribution is 0.289. The molecule has 0 radical (unpaired) electrons. The lowest BCUT2D eigenvalue weighted by Gasteiger charge is -2.12. The first-order chi connectivity index (χ1) is 15.2. The average Bonchev–Trinajstić information content (AvgIpc) is 2.75. The van der Waals surface area contributed by atoms with Crippen molar-refractivity contribution in [2.75, 3.05) is 13.2 Å². The summed E-state index contributed by atoms with van der Waals surface area (Å²) in [5.41, 5.74) is 0.434. The van der Waals surface area contributed by atoms with E-state index >= 15 is 0 Å². The molecule has 0 aliphatic rings. The number of nitrogens with zero attached hydrogens (tertiary/aromatic N) is 4. The van der Waals surface area contributed by atoms with Gasteiger partial charge in [-0.3, -0.25) is 9.36 Å². The quantitative estimate of drug-likeness (QED) is 0.365. The molecular weight excluding hydrogens is 434 g/mol. The van der Waals surface area contributed by atoms with Gasteiger partial charge in [0.1, 0.15) is 11.6 Å². The van der Waals surface area contributed by atoms with Gasteiger partial charge in [-0.1, -0.05) is 13.3 Å². The number of nitrogens with one attached hydrogen (secondary N) is 1. The first kappa shape index (κ1) is 25.2. The van der Waals surface area contributed by atoms with Gasteiger partial charge in [0, 0.05) is 25.3 Å². The molecule has 0 fully saturated rings. The van der Waals surface area contributed by atoms with Crippen LogP contribution in [-0.4, -0.2) is 36.3 Å². The van der Waals surface area contributed by atoms with E-state index in [1.54, 1.807) is 6.92 Å². The van der Waals surface area contributed by atoms with E-state index in [0.29, 0.717) is 24.1 Å². The predicted molar refractivity (Wildman–Crippen MR) is 119 cm³/mol. The number of aromatic hydroxyl groups is 1. The van der Waals surface area contributed by atoms with Crippen LogP contribution in [0, 0.1) is 25.2 Å². The van der Waals surface area contributed by atoms with Crippen LogP contribution in [0.1, 0.15) is 42.9 Å². The van der Waals surface area contributed by atoms with E-state index in [1.807, 2.05) is 13.0 Å². The Bertz CT molecular complexity index is 1210. The van der Waals surface area contributed by atoms with Gasteiger partial charge in [-0.25, -0.2) is 13.1 Å². The molecule has 0 amide bonds. The summed E-state index contributed by atoms with van der Waals surface area (Å²) in [6, 6.07) is 6.17. The van der Waals surface area contributed by atoms with E-state index in [1.165, 1.54) is 25.1 Å². The molecule has 0 spiro atoms. The number of rotatable bonds is 10. The molecule has 2 aromatic rings. The zero-order valence-electron chi connectivity index (χ0n) is 18.3. The highest BCUT2D eigenvalue weighted by molar-refractivity contribution is 7.89. The van der Waals surface area contributed by atoms with E-state index in [4.69, 9.17) is 5.11 Å². The van der Waals surface area contributed by atoms with Crippen molar-refractivity contribution in [3.63, 3.8) is 0 Å². The number of benzene rings is 1. The summed E-state index contributed by atoms with van der Waals surface area (Å²) in [4.78, 5) is 12.9. The molecule has 0 atom stereocenters. The molecule has 2 rings (SSSR count). The molecule has 10 nitrogen and oxygen atoms in total. The Morgan fingerprint density at radius 2 is 1.94 bits per heavy atom. The fourth-order valence-corrected chi connectivity index (χ4v) is 4.12. The van der Waals surface area contributed by atoms with Crippen LogP contribution in [-0.2, 0) is 16.6 Å². The van der Waals surface area contributed by atoms with Gasteiger partial charge in [0.2, 0.25) is 15.9 Å². The third-order valence-corrected chi connectivity index (χ3v) is 6.33. The second kappa shape index (κ2) is 11.0. The molecule has 11 heteroatoms. The van der Waals surface area contributed by atoms with Crippen molar-refractivity contribution >= 4 is 21.4 Å². The number of aromatic nitrogens is 1. The van der Waals surface area contributed by atoms with Gasteiger partial charge in [-0.05, 0) is 50.5 Å². The number of pyridine rings is 1. The smallest absolute Gasteiger partial charge is 0.281 e. The SMILES string of the molecule is CCCCn1c(O)c(C#N)c(C)c(N=Nc2ccc(S(=O)(=O)NCCCO)cc2C)c1=O. The Morgan fingerprint density at radius 3 is 2.53 bits per heavy atom. The summed E-state index contributed by atoms with van der Waals surface area (Å²) in [6.07, 6.45) is 1.73. The Hall–Kier alpha value is -3.07. The number of hydrogen-bond donors (Lipinski definition) is 3. The number of hydrogen-bond acceptors (Lipinski definition) is 8. The van der Waals surface area contributed by atoms with Crippen molar-refractivity contribution in [1.29, 1.82) is 5.26 Å². The highest BCUT2D eigenvalue weighted by atomic mass is 32.2. The molecule has 0 aliphatic carbocycles. The van der Waals surface area contributed by atoms with Gasteiger partial charge >= 0.3 is 0 Å². The molecule has 32 heavy (non-hydrogen) atoms. The molecule has 1 aromatic heterocycles. The highest BCUT2D eigenvalue weighted by Gasteiger charge is 2.19. The van der Waals surface area contributed by atoms with Crippen LogP contribution in [0.3, 0.4) is 0 Å². The van der Waals surface area contributed by atoms with Crippen LogP contribution in [0.15, 0.2) is 38.1 Å². The standard InChI is InChI=1S/C21H27N5O5S/c1-4-5-10-26-20(28)17(13-22)15(3)19(21(26)29)25-24-18-8-7-16(12-14(18)2)32(30,31)23-9-6-11-27/h7-8,12,23,27-28H,4-6,9-11H2,1-3H3. The third kappa shape index (κ3) is 5.59. The lowest BCUT2D eigenvalue weighted by Crippen LogP contribution is -2.25. The van der Waals surface area contributed by atoms with Crippen molar-refractivity contribution in [3.8, 4) is 11.9 Å². The van der Waals surface area contributed by atoms with Gasteiger partial charge in [0.15, 0.2) is 5.69 Å². The number of aliphatic hydroxyl groups is 1. The van der Waals surface area contributed by atoms with Crippen LogP contribution < -0.4 is 10.3 Å². The molecule has 3 N–H and O–H groups in total. The van der Waals surface area contributed by atoms with Crippen LogP contribution >= 0.6 is 0 Å². The van der Waals surface area contributed by atoms with E-state index in [-0.39, 0.29) is 47.3 Å². The van der Waals surface area contributed by atoms with E-state index in [0.717, 1.165) is 11.0 Å². The Labute approximate surface area is 186 Å². The summed E-state index contributed by atoms with van der Waals surface area (Å²) in [7, 11) is -3.73. The molecule has 0 saturated heterocycles. The van der Waals surface area contributed by atoms with Crippen LogP contribution in [0.5, 0.6) is 5.88 Å². The molecule has 0 aliphatic heterocycles. The van der Waals surface area contributed by atoms with Crippen molar-refractivity contribution < 1.29 is 18.6 Å². The molecule has 0 bridgehead atoms. The molecule has 172 valence electrons. The largest absolute Gasteiger partial charge is 0.493 e. The summed E-state index contributed by atoms with van der Waals surface area (Å²) in [5, 5.41) is 36.7. The Balaban J connectivity index is 2.44. The number of aryl methyl sites for hydroxylation is 1. The van der Waals surface area contributed by atoms with Gasteiger partial charge in [0.25, 0.3) is 5.56 Å². The fraction of sp³-hybridized carbons (Fsp3) is 0.429. The van der Waals surface area contributed by atoms with Crippen molar-refractivity contribution in [2.24, 2.45) is 10.2 Å². The van der Waals surface area contributed by atoms with Gasteiger partial charge in [0.05, 0.1) is 10.6 Å². The number of nitriles is 1. The van der Waals surface area contributed by atoms with Gasteiger partial charge < -0.3 is 10.2 Å². The topological polar surface area (TPSA) is 157 Å². The van der Waals surface area contributed by atoms with Gasteiger partial charge in [-0.2, -0.15) is 10.4 Å². The lowest BCUT2D eigenvalue weighted by atomic mass is 10.1. The minimum atomic E-state index is -3.73. The number of aliphatic hydroxyl groups excluding tert-OH is 1. The van der Waals surface area contributed by atoms with E-state index in [2.05, 4.69) is 15.0 Å². The summed E-state index contributed by atoms with van der Waals surface area (Å²) >= 11 is 0. The zero-order valence-corrected chi connectivity index (χ0v) is 19.1. The maximum absolute atomic E-state index is 12.8. The predicted octanol–water partition coefficient (Wildman–Crippen LogP) is 2.92. The number of sulfonamides is 1. The van der Waals surface area contributed by atoms with Crippen molar-refractivity contribution in [2.45, 2.75) is 51.5 Å². The minimum absolute atomic E-state index is 0.0400. The average molecular weight is 462 g/mol. The Kier molecular flexibility index (Phi) is 8.65. The highest BCUT2D eigenvalue weighted by Crippen LogP contribution is 2.28. The van der Waals surface area contributed by atoms with E-state index in [9.17, 15) is 23.6 Å². The monoisotopic (exact) mass is 461 g/mol. The third-order valence-electron chi connectivity index (χ3n) is 4.87. The molecule has 1 heterocycles. The summed E-state index contributed by atoms with van der Waals surface area (Å²) < 4.78 is 28.2. The molecule has 0 saturated carbocycles. The van der Waals surface area contributed by atoms with Crippen LogP contribution in [0.2, 0.25) is 0 Å². The second-order valence-electron chi connectivity index (χ2n) is 7.22. The molecule has 1 aromatic carbocycles. The van der Waals surface area contributed by atoms with Crippen LogP contribution in [0.4, 0.5) is 11.4 Å². The van der Waals surface area contributed by atoms with Gasteiger partial charge in [-0.15, -0.1) is 5.11 Å². The molecular formula is C21H27N5O5S. The Morgan fingerprint density at radius 1 is 1.22 bits per heavy atom. The second-order valence-corrected chi connectivity index (χ2v) is 8.98. The maximum atomic E-state index is 12.8. The summed E-state index contributed by atoms with van der Waals surface area (Å²) in [6.45, 7) is 5.35. The molecule has 0 unspecified atom stereocenters. The number of unbranched alkanes of at least 4 members (excludes halogenated alkanes) is 1. The van der Waals surface area contributed by atoms with Crippen molar-refractivity contribution in [3.05, 3.63) is 45.2 Å². The van der Waals surface area contributed by atoms with E-state index < -0.39 is 15.6 Å². The maximum Gasteiger partial charge on any atom is 0.281 e. The zero-order chi connectivity index (χ0) is 23.9. The van der Waals surface area contributed by atoms with Crippen LogP contribution in [0.25, 0.3) is 0 Å². The first-order valence-corrected chi connectivity index (χ1v) is 11.7. The normalized spacial score (nSPS) is 11.7. The summed E-state index contributed by atoms with van der Waals surface area (Å²) in [5.74, 6) is -0.387.